The zero-order valence-electron chi connectivity index (χ0n) is 17.5. The predicted octanol–water partition coefficient (Wildman–Crippen LogP) is 2.29. The van der Waals surface area contributed by atoms with Gasteiger partial charge in [-0.25, -0.2) is 0 Å². The molecular weight excluding hydrogens is 392 g/mol. The summed E-state index contributed by atoms with van der Waals surface area (Å²) in [7, 11) is 2.02. The third-order valence-corrected chi connectivity index (χ3v) is 6.36. The first-order valence-electron chi connectivity index (χ1n) is 10.7. The van der Waals surface area contributed by atoms with Crippen LogP contribution in [-0.2, 0) is 17.8 Å². The largest absolute Gasteiger partial charge is 0.396 e. The maximum absolute atomic E-state index is 13.3. The fourth-order valence-electron chi connectivity index (χ4n) is 4.99. The number of fused-ring (bicyclic) bond motifs is 6. The summed E-state index contributed by atoms with van der Waals surface area (Å²) in [4.78, 5) is 30.1. The summed E-state index contributed by atoms with van der Waals surface area (Å²) >= 11 is 0. The zero-order chi connectivity index (χ0) is 21.5. The van der Waals surface area contributed by atoms with E-state index < -0.39 is 0 Å². The number of nitrogens with one attached hydrogen (secondary N) is 1. The van der Waals surface area contributed by atoms with Crippen LogP contribution in [0.2, 0.25) is 0 Å². The normalized spacial score (nSPS) is 17.4. The van der Waals surface area contributed by atoms with Gasteiger partial charge < -0.3 is 24.8 Å². The van der Waals surface area contributed by atoms with Crippen molar-refractivity contribution in [2.24, 2.45) is 0 Å². The Hall–Kier alpha value is -3.32. The molecule has 2 aliphatic rings. The predicted molar refractivity (Wildman–Crippen MR) is 119 cm³/mol. The SMILES string of the molecule is CN1c2ccccc2C(=O)N2CCc3c(n(CC(=O)NCCCO)c4ccccc34)C21. The molecule has 0 saturated heterocycles. The summed E-state index contributed by atoms with van der Waals surface area (Å²) in [6, 6.07) is 15.8. The van der Waals surface area contributed by atoms with Crippen molar-refractivity contribution in [3.63, 3.8) is 0 Å². The molecule has 0 saturated carbocycles. The monoisotopic (exact) mass is 418 g/mol. The number of rotatable bonds is 5. The van der Waals surface area contributed by atoms with E-state index in [2.05, 4.69) is 20.9 Å². The number of benzene rings is 2. The summed E-state index contributed by atoms with van der Waals surface area (Å²) in [6.07, 6.45) is 1.03. The van der Waals surface area contributed by atoms with Crippen molar-refractivity contribution >= 4 is 28.4 Å². The van der Waals surface area contributed by atoms with Crippen molar-refractivity contribution in [2.75, 3.05) is 31.6 Å². The number of para-hydroxylation sites is 2. The van der Waals surface area contributed by atoms with Crippen LogP contribution in [0.15, 0.2) is 48.5 Å². The first-order chi connectivity index (χ1) is 15.1. The van der Waals surface area contributed by atoms with Crippen molar-refractivity contribution in [1.29, 1.82) is 0 Å². The van der Waals surface area contributed by atoms with E-state index in [0.717, 1.165) is 28.7 Å². The Morgan fingerprint density at radius 1 is 1.16 bits per heavy atom. The van der Waals surface area contributed by atoms with Gasteiger partial charge in [0, 0.05) is 37.6 Å². The Morgan fingerprint density at radius 3 is 2.77 bits per heavy atom. The van der Waals surface area contributed by atoms with Gasteiger partial charge in [0.1, 0.15) is 12.7 Å². The quantitative estimate of drug-likeness (QED) is 0.624. The molecule has 1 unspecified atom stereocenters. The van der Waals surface area contributed by atoms with Gasteiger partial charge >= 0.3 is 0 Å². The van der Waals surface area contributed by atoms with Crippen LogP contribution < -0.4 is 10.2 Å². The second kappa shape index (κ2) is 7.74. The average molecular weight is 418 g/mol. The van der Waals surface area contributed by atoms with Crippen molar-refractivity contribution in [3.05, 3.63) is 65.4 Å². The lowest BCUT2D eigenvalue weighted by Gasteiger charge is -2.46. The van der Waals surface area contributed by atoms with Crippen LogP contribution in [0.5, 0.6) is 0 Å². The summed E-state index contributed by atoms with van der Waals surface area (Å²) in [5, 5.41) is 13.0. The molecule has 0 radical (unpaired) electrons. The van der Waals surface area contributed by atoms with E-state index in [-0.39, 0.29) is 31.1 Å². The number of aromatic nitrogens is 1. The highest BCUT2D eigenvalue weighted by molar-refractivity contribution is 6.02. The maximum Gasteiger partial charge on any atom is 0.257 e. The Bertz CT molecular complexity index is 1170. The van der Waals surface area contributed by atoms with Crippen LogP contribution in [0.4, 0.5) is 5.69 Å². The van der Waals surface area contributed by atoms with Gasteiger partial charge in [0.25, 0.3) is 5.91 Å². The van der Waals surface area contributed by atoms with Crippen molar-refractivity contribution in [3.8, 4) is 0 Å². The number of amides is 2. The minimum absolute atomic E-state index is 0.0357. The van der Waals surface area contributed by atoms with Crippen LogP contribution in [-0.4, -0.2) is 53.1 Å². The first-order valence-corrected chi connectivity index (χ1v) is 10.7. The number of nitrogens with zero attached hydrogens (tertiary/aromatic N) is 3. The van der Waals surface area contributed by atoms with Gasteiger partial charge in [-0.3, -0.25) is 9.59 Å². The lowest BCUT2D eigenvalue weighted by Crippen LogP contribution is -2.51. The maximum atomic E-state index is 13.3. The molecule has 3 aromatic rings. The molecule has 7 heteroatoms. The molecule has 1 aromatic heterocycles. The number of anilines is 1. The van der Waals surface area contributed by atoms with Crippen LogP contribution in [0.1, 0.15) is 34.2 Å². The van der Waals surface area contributed by atoms with Crippen LogP contribution in [0.25, 0.3) is 10.9 Å². The zero-order valence-corrected chi connectivity index (χ0v) is 17.5. The van der Waals surface area contributed by atoms with Crippen molar-refractivity contribution in [2.45, 2.75) is 25.6 Å². The first kappa shape index (κ1) is 19.6. The van der Waals surface area contributed by atoms with Gasteiger partial charge in [-0.05, 0) is 36.6 Å². The Kier molecular flexibility index (Phi) is 4.90. The highest BCUT2D eigenvalue weighted by Crippen LogP contribution is 2.44. The molecule has 7 nitrogen and oxygen atoms in total. The van der Waals surface area contributed by atoms with E-state index in [1.165, 1.54) is 5.56 Å². The third kappa shape index (κ3) is 3.08. The van der Waals surface area contributed by atoms with Crippen molar-refractivity contribution in [1.82, 2.24) is 14.8 Å². The molecule has 5 rings (SSSR count). The summed E-state index contributed by atoms with van der Waals surface area (Å²) in [6.45, 7) is 1.31. The second-order valence-electron chi connectivity index (χ2n) is 8.14. The molecule has 0 aliphatic carbocycles. The highest BCUT2D eigenvalue weighted by Gasteiger charge is 2.42. The molecule has 2 N–H and O–H groups in total. The molecule has 1 atom stereocenters. The minimum atomic E-state index is -0.260. The molecule has 0 spiro atoms. The number of carbonyl (C=O) groups excluding carboxylic acids is 2. The molecule has 2 aromatic carbocycles. The summed E-state index contributed by atoms with van der Waals surface area (Å²) in [5.74, 6) is -0.0622. The minimum Gasteiger partial charge on any atom is -0.396 e. The number of hydrogen-bond acceptors (Lipinski definition) is 4. The number of aliphatic hydroxyl groups is 1. The molecule has 0 fully saturated rings. The molecule has 0 bridgehead atoms. The Morgan fingerprint density at radius 2 is 1.94 bits per heavy atom. The lowest BCUT2D eigenvalue weighted by molar-refractivity contribution is -0.121. The fourth-order valence-corrected chi connectivity index (χ4v) is 4.99. The van der Waals surface area contributed by atoms with Gasteiger partial charge in [0.15, 0.2) is 0 Å². The standard InChI is InChI=1S/C24H26N4O3/c1-26-19-9-4-3-8-18(19)24(31)27-13-11-17-16-7-2-5-10-20(16)28(22(17)23(26)27)15-21(30)25-12-6-14-29/h2-5,7-10,23,29H,6,11-15H2,1H3,(H,25,30). The molecular formula is C24H26N4O3. The fraction of sp³-hybridized carbons (Fsp3) is 0.333. The van der Waals surface area contributed by atoms with Crippen molar-refractivity contribution < 1.29 is 14.7 Å². The molecule has 2 aliphatic heterocycles. The lowest BCUT2D eigenvalue weighted by atomic mass is 9.96. The number of hydrogen-bond donors (Lipinski definition) is 2. The molecule has 160 valence electrons. The van der Waals surface area contributed by atoms with Gasteiger partial charge in [-0.1, -0.05) is 30.3 Å². The third-order valence-electron chi connectivity index (χ3n) is 6.36. The molecule has 31 heavy (non-hydrogen) atoms. The average Bonchev–Trinajstić information content (AvgIpc) is 3.11. The Balaban J connectivity index is 1.63. The summed E-state index contributed by atoms with van der Waals surface area (Å²) < 4.78 is 2.06. The molecule has 3 heterocycles. The van der Waals surface area contributed by atoms with Crippen LogP contribution in [0, 0.1) is 0 Å². The van der Waals surface area contributed by atoms with E-state index in [1.807, 2.05) is 54.4 Å². The second-order valence-corrected chi connectivity index (χ2v) is 8.14. The van der Waals surface area contributed by atoms with E-state index in [0.29, 0.717) is 25.1 Å². The van der Waals surface area contributed by atoms with E-state index in [4.69, 9.17) is 5.11 Å². The van der Waals surface area contributed by atoms with Crippen LogP contribution in [0.3, 0.4) is 0 Å². The van der Waals surface area contributed by atoms with Gasteiger partial charge in [0.2, 0.25) is 5.91 Å². The molecule has 2 amide bonds. The van der Waals surface area contributed by atoms with Crippen LogP contribution >= 0.6 is 0 Å². The topological polar surface area (TPSA) is 77.8 Å². The van der Waals surface area contributed by atoms with Gasteiger partial charge in [-0.2, -0.15) is 0 Å². The number of carbonyl (C=O) groups is 2. The number of aliphatic hydroxyl groups excluding tert-OH is 1. The van der Waals surface area contributed by atoms with Gasteiger partial charge in [-0.15, -0.1) is 0 Å². The van der Waals surface area contributed by atoms with E-state index in [9.17, 15) is 9.59 Å². The van der Waals surface area contributed by atoms with E-state index >= 15 is 0 Å². The summed E-state index contributed by atoms with van der Waals surface area (Å²) in [5.41, 5.74) is 4.85. The highest BCUT2D eigenvalue weighted by atomic mass is 16.3. The smallest absolute Gasteiger partial charge is 0.257 e. The van der Waals surface area contributed by atoms with E-state index in [1.54, 1.807) is 0 Å². The Labute approximate surface area is 180 Å². The van der Waals surface area contributed by atoms with Gasteiger partial charge in [0.05, 0.1) is 16.9 Å².